The largest absolute Gasteiger partial charge is 0.324 e. The van der Waals surface area contributed by atoms with Gasteiger partial charge >= 0.3 is 6.03 Å². The Balaban J connectivity index is 2.01. The Morgan fingerprint density at radius 2 is 1.86 bits per heavy atom. The van der Waals surface area contributed by atoms with Crippen molar-refractivity contribution >= 4 is 44.9 Å². The molecule has 0 bridgehead atoms. The van der Waals surface area contributed by atoms with Gasteiger partial charge in [-0.25, -0.2) is 4.79 Å². The van der Waals surface area contributed by atoms with Gasteiger partial charge in [0.1, 0.15) is 0 Å². The lowest BCUT2D eigenvalue weighted by Crippen LogP contribution is -2.19. The Hall–Kier alpha value is -1.56. The van der Waals surface area contributed by atoms with Crippen LogP contribution in [0.5, 0.6) is 0 Å². The first-order chi connectivity index (χ1) is 9.95. The van der Waals surface area contributed by atoms with Crippen molar-refractivity contribution in [3.8, 4) is 0 Å². The number of halogens is 2. The molecule has 0 radical (unpaired) electrons. The van der Waals surface area contributed by atoms with E-state index in [9.17, 15) is 4.79 Å². The van der Waals surface area contributed by atoms with Crippen molar-refractivity contribution in [3.63, 3.8) is 0 Å². The van der Waals surface area contributed by atoms with E-state index in [1.165, 1.54) is 0 Å². The number of hydrogen-bond donors (Lipinski definition) is 3. The van der Waals surface area contributed by atoms with Gasteiger partial charge < -0.3 is 16.4 Å². The second kappa shape index (κ2) is 6.93. The van der Waals surface area contributed by atoms with Crippen LogP contribution >= 0.6 is 27.5 Å². The molecule has 0 aliphatic carbocycles. The molecule has 0 heterocycles. The van der Waals surface area contributed by atoms with E-state index in [1.807, 2.05) is 31.2 Å². The fraction of sp³-hybridized carbons (Fsp3) is 0.133. The molecule has 4 nitrogen and oxygen atoms in total. The molecule has 0 aliphatic heterocycles. The van der Waals surface area contributed by atoms with Crippen molar-refractivity contribution in [1.82, 2.24) is 0 Å². The maximum Gasteiger partial charge on any atom is 0.323 e. The maximum absolute atomic E-state index is 11.9. The van der Waals surface area contributed by atoms with Crippen molar-refractivity contribution in [1.29, 1.82) is 0 Å². The van der Waals surface area contributed by atoms with Gasteiger partial charge in [-0.15, -0.1) is 0 Å². The van der Waals surface area contributed by atoms with Gasteiger partial charge in [0.15, 0.2) is 0 Å². The van der Waals surface area contributed by atoms with E-state index in [0.717, 1.165) is 10.0 Å². The third kappa shape index (κ3) is 4.46. The summed E-state index contributed by atoms with van der Waals surface area (Å²) in [5.74, 6) is 0. The highest BCUT2D eigenvalue weighted by Gasteiger charge is 2.07. The maximum atomic E-state index is 11.9. The Kier molecular flexibility index (Phi) is 5.22. The SMILES string of the molecule is CC(N)c1ccc(NC(=O)Nc2ccc(Br)cc2Cl)cc1. The molecule has 4 N–H and O–H groups in total. The molecule has 2 rings (SSSR count). The minimum atomic E-state index is -0.354. The number of rotatable bonds is 3. The fourth-order valence-corrected chi connectivity index (χ4v) is 2.47. The molecule has 0 aromatic heterocycles. The number of carbonyl (C=O) groups excluding carboxylic acids is 1. The van der Waals surface area contributed by atoms with Crippen LogP contribution < -0.4 is 16.4 Å². The number of anilines is 2. The van der Waals surface area contributed by atoms with Crippen molar-refractivity contribution < 1.29 is 4.79 Å². The van der Waals surface area contributed by atoms with Crippen LogP contribution in [0.2, 0.25) is 5.02 Å². The van der Waals surface area contributed by atoms with E-state index in [4.69, 9.17) is 17.3 Å². The molecule has 110 valence electrons. The first kappa shape index (κ1) is 15.8. The first-order valence-corrected chi connectivity index (χ1v) is 7.51. The lowest BCUT2D eigenvalue weighted by molar-refractivity contribution is 0.262. The van der Waals surface area contributed by atoms with Gasteiger partial charge in [0.05, 0.1) is 10.7 Å². The smallest absolute Gasteiger partial charge is 0.323 e. The number of nitrogens with one attached hydrogen (secondary N) is 2. The van der Waals surface area contributed by atoms with Crippen LogP contribution in [0.4, 0.5) is 16.2 Å². The van der Waals surface area contributed by atoms with Crippen LogP contribution in [-0.4, -0.2) is 6.03 Å². The summed E-state index contributed by atoms with van der Waals surface area (Å²) in [5, 5.41) is 5.90. The van der Waals surface area contributed by atoms with Crippen molar-refractivity contribution in [2.45, 2.75) is 13.0 Å². The Labute approximate surface area is 136 Å². The number of amides is 2. The number of carbonyl (C=O) groups is 1. The standard InChI is InChI=1S/C15H15BrClN3O/c1-9(18)10-2-5-12(6-3-10)19-15(21)20-14-7-4-11(16)8-13(14)17/h2-9H,18H2,1H3,(H2,19,20,21). The monoisotopic (exact) mass is 367 g/mol. The first-order valence-electron chi connectivity index (χ1n) is 6.34. The zero-order valence-electron chi connectivity index (χ0n) is 11.4. The Morgan fingerprint density at radius 1 is 1.19 bits per heavy atom. The summed E-state index contributed by atoms with van der Waals surface area (Å²) in [6, 6.07) is 12.2. The predicted molar refractivity (Wildman–Crippen MR) is 90.8 cm³/mol. The molecule has 2 aromatic carbocycles. The summed E-state index contributed by atoms with van der Waals surface area (Å²) in [6.07, 6.45) is 0. The van der Waals surface area contributed by atoms with Crippen molar-refractivity contribution in [3.05, 3.63) is 57.5 Å². The molecule has 2 aromatic rings. The third-order valence-corrected chi connectivity index (χ3v) is 3.68. The van der Waals surface area contributed by atoms with Gasteiger partial charge in [-0.3, -0.25) is 0 Å². The van der Waals surface area contributed by atoms with Gasteiger partial charge in [0.2, 0.25) is 0 Å². The van der Waals surface area contributed by atoms with E-state index < -0.39 is 0 Å². The minimum Gasteiger partial charge on any atom is -0.324 e. The molecule has 6 heteroatoms. The molecular formula is C15H15BrClN3O. The van der Waals surface area contributed by atoms with E-state index in [0.29, 0.717) is 16.4 Å². The molecule has 0 spiro atoms. The van der Waals surface area contributed by atoms with E-state index >= 15 is 0 Å². The molecule has 2 amide bonds. The number of hydrogen-bond acceptors (Lipinski definition) is 2. The van der Waals surface area contributed by atoms with Crippen molar-refractivity contribution in [2.24, 2.45) is 5.73 Å². The number of nitrogens with two attached hydrogens (primary N) is 1. The highest BCUT2D eigenvalue weighted by molar-refractivity contribution is 9.10. The number of urea groups is 1. The second-order valence-corrected chi connectivity index (χ2v) is 5.94. The van der Waals surface area contributed by atoms with Crippen LogP contribution in [-0.2, 0) is 0 Å². The Morgan fingerprint density at radius 3 is 2.43 bits per heavy atom. The number of benzene rings is 2. The van der Waals surface area contributed by atoms with E-state index in [2.05, 4.69) is 26.6 Å². The van der Waals surface area contributed by atoms with Gasteiger partial charge in [0.25, 0.3) is 0 Å². The van der Waals surface area contributed by atoms with Gasteiger partial charge in [-0.2, -0.15) is 0 Å². The zero-order chi connectivity index (χ0) is 15.4. The van der Waals surface area contributed by atoms with Crippen LogP contribution in [0.25, 0.3) is 0 Å². The molecule has 0 saturated carbocycles. The quantitative estimate of drug-likeness (QED) is 0.730. The van der Waals surface area contributed by atoms with Gasteiger partial charge in [0, 0.05) is 16.2 Å². The van der Waals surface area contributed by atoms with Crippen LogP contribution in [0.3, 0.4) is 0 Å². The van der Waals surface area contributed by atoms with Gasteiger partial charge in [-0.1, -0.05) is 39.7 Å². The Bertz CT molecular complexity index is 644. The summed E-state index contributed by atoms with van der Waals surface area (Å²) >= 11 is 9.36. The average Bonchev–Trinajstić information content (AvgIpc) is 2.42. The summed E-state index contributed by atoms with van der Waals surface area (Å²) in [6.45, 7) is 1.91. The third-order valence-electron chi connectivity index (χ3n) is 2.87. The molecule has 0 fully saturated rings. The van der Waals surface area contributed by atoms with Crippen molar-refractivity contribution in [2.75, 3.05) is 10.6 Å². The second-order valence-electron chi connectivity index (χ2n) is 4.61. The highest BCUT2D eigenvalue weighted by atomic mass is 79.9. The van der Waals surface area contributed by atoms with Crippen LogP contribution in [0, 0.1) is 0 Å². The fourth-order valence-electron chi connectivity index (χ4n) is 1.75. The summed E-state index contributed by atoms with van der Waals surface area (Å²) in [4.78, 5) is 11.9. The normalized spacial score (nSPS) is 11.8. The lowest BCUT2D eigenvalue weighted by Gasteiger charge is -2.10. The van der Waals surface area contributed by atoms with Crippen LogP contribution in [0.1, 0.15) is 18.5 Å². The van der Waals surface area contributed by atoms with Crippen LogP contribution in [0.15, 0.2) is 46.9 Å². The lowest BCUT2D eigenvalue weighted by atomic mass is 10.1. The van der Waals surface area contributed by atoms with Gasteiger partial charge in [-0.05, 0) is 42.8 Å². The predicted octanol–water partition coefficient (Wildman–Crippen LogP) is 4.77. The van der Waals surface area contributed by atoms with E-state index in [1.54, 1.807) is 18.2 Å². The summed E-state index contributed by atoms with van der Waals surface area (Å²) in [7, 11) is 0. The molecule has 21 heavy (non-hydrogen) atoms. The molecular weight excluding hydrogens is 354 g/mol. The molecule has 1 unspecified atom stereocenters. The molecule has 0 saturated heterocycles. The highest BCUT2D eigenvalue weighted by Crippen LogP contribution is 2.25. The minimum absolute atomic E-state index is 0.0329. The average molecular weight is 369 g/mol. The molecule has 0 aliphatic rings. The molecule has 1 atom stereocenters. The summed E-state index contributed by atoms with van der Waals surface area (Å²) < 4.78 is 0.852. The van der Waals surface area contributed by atoms with E-state index in [-0.39, 0.29) is 12.1 Å². The topological polar surface area (TPSA) is 67.1 Å². The summed E-state index contributed by atoms with van der Waals surface area (Å²) in [5.41, 5.74) is 8.02. The zero-order valence-corrected chi connectivity index (χ0v) is 13.7.